The smallest absolute Gasteiger partial charge is 0.304 e. The van der Waals surface area contributed by atoms with Gasteiger partial charge in [0, 0.05) is 17.4 Å². The Balaban J connectivity index is 4.07. The molecule has 0 bridgehead atoms. The number of carboxylic acid groups (broad SMARTS) is 2. The van der Waals surface area contributed by atoms with Crippen LogP contribution in [0.2, 0.25) is 0 Å². The number of thioether (sulfide) groups is 1. The molecule has 0 aliphatic rings. The van der Waals surface area contributed by atoms with Crippen LogP contribution in [0, 0.1) is 0 Å². The van der Waals surface area contributed by atoms with Gasteiger partial charge in [-0.25, -0.2) is 0 Å². The van der Waals surface area contributed by atoms with Gasteiger partial charge >= 0.3 is 11.9 Å². The number of carboxylic acids is 2. The minimum absolute atomic E-state index is 0.0404. The molecule has 0 saturated heterocycles. The van der Waals surface area contributed by atoms with E-state index in [4.69, 9.17) is 10.2 Å². The van der Waals surface area contributed by atoms with Gasteiger partial charge in [0.05, 0.1) is 12.5 Å². The molecule has 2 atom stereocenters. The van der Waals surface area contributed by atoms with E-state index in [1.165, 1.54) is 56.7 Å². The van der Waals surface area contributed by atoms with E-state index in [9.17, 15) is 14.7 Å². The zero-order valence-electron chi connectivity index (χ0n) is 16.1. The molecule has 0 fully saturated rings. The zero-order valence-corrected chi connectivity index (χ0v) is 16.9. The third-order valence-electron chi connectivity index (χ3n) is 4.21. The fourth-order valence-corrected chi connectivity index (χ4v) is 3.78. The highest BCUT2D eigenvalue weighted by molar-refractivity contribution is 8.00. The van der Waals surface area contributed by atoms with E-state index < -0.39 is 18.0 Å². The molecule has 0 aliphatic carbocycles. The lowest BCUT2D eigenvalue weighted by atomic mass is 10.1. The average molecular weight is 389 g/mol. The van der Waals surface area contributed by atoms with Crippen molar-refractivity contribution in [3.05, 3.63) is 12.2 Å². The topological polar surface area (TPSA) is 94.8 Å². The molecule has 152 valence electrons. The van der Waals surface area contributed by atoms with Crippen LogP contribution in [0.4, 0.5) is 0 Å². The van der Waals surface area contributed by atoms with E-state index in [1.54, 1.807) is 0 Å². The maximum atomic E-state index is 10.7. The Kier molecular flexibility index (Phi) is 16.7. The maximum Gasteiger partial charge on any atom is 0.304 e. The van der Waals surface area contributed by atoms with Crippen LogP contribution in [0.15, 0.2) is 12.2 Å². The molecule has 0 aliphatic heterocycles. The third kappa shape index (κ3) is 16.5. The van der Waals surface area contributed by atoms with Gasteiger partial charge in [-0.1, -0.05) is 64.0 Å². The summed E-state index contributed by atoms with van der Waals surface area (Å²) in [5, 5.41) is 27.4. The van der Waals surface area contributed by atoms with E-state index in [2.05, 4.69) is 6.92 Å². The first-order chi connectivity index (χ1) is 12.5. The van der Waals surface area contributed by atoms with Crippen molar-refractivity contribution in [3.8, 4) is 0 Å². The first kappa shape index (κ1) is 25.0. The van der Waals surface area contributed by atoms with Crippen molar-refractivity contribution in [1.29, 1.82) is 0 Å². The summed E-state index contributed by atoms with van der Waals surface area (Å²) in [4.78, 5) is 21.3. The fourth-order valence-electron chi connectivity index (χ4n) is 2.64. The third-order valence-corrected chi connectivity index (χ3v) is 5.51. The van der Waals surface area contributed by atoms with Gasteiger partial charge in [0.2, 0.25) is 0 Å². The minimum atomic E-state index is -0.929. The summed E-state index contributed by atoms with van der Waals surface area (Å²) in [6.45, 7) is 2.22. The van der Waals surface area contributed by atoms with E-state index >= 15 is 0 Å². The van der Waals surface area contributed by atoms with Crippen LogP contribution in [0.1, 0.15) is 84.0 Å². The molecule has 5 nitrogen and oxygen atoms in total. The molecule has 0 aromatic rings. The normalized spacial score (nSPS) is 13.8. The van der Waals surface area contributed by atoms with Gasteiger partial charge in [-0.3, -0.25) is 9.59 Å². The van der Waals surface area contributed by atoms with Crippen molar-refractivity contribution in [2.24, 2.45) is 0 Å². The number of allylic oxidation sites excluding steroid dienone is 1. The van der Waals surface area contributed by atoms with Gasteiger partial charge in [-0.05, 0) is 19.3 Å². The lowest BCUT2D eigenvalue weighted by Crippen LogP contribution is -2.23. The molecule has 3 N–H and O–H groups in total. The number of aliphatic hydroxyl groups is 1. The van der Waals surface area contributed by atoms with Gasteiger partial charge < -0.3 is 15.3 Å². The average Bonchev–Trinajstić information content (AvgIpc) is 2.59. The van der Waals surface area contributed by atoms with Gasteiger partial charge in [-0.15, -0.1) is 0 Å². The molecule has 0 aromatic carbocycles. The monoisotopic (exact) mass is 388 g/mol. The molecule has 0 spiro atoms. The van der Waals surface area contributed by atoms with Crippen LogP contribution < -0.4 is 0 Å². The highest BCUT2D eigenvalue weighted by Gasteiger charge is 2.18. The summed E-state index contributed by atoms with van der Waals surface area (Å²) >= 11 is 1.38. The van der Waals surface area contributed by atoms with E-state index in [-0.39, 0.29) is 24.5 Å². The van der Waals surface area contributed by atoms with Crippen molar-refractivity contribution in [3.63, 3.8) is 0 Å². The van der Waals surface area contributed by atoms with Gasteiger partial charge in [0.15, 0.2) is 0 Å². The van der Waals surface area contributed by atoms with Gasteiger partial charge in [0.1, 0.15) is 0 Å². The molecule has 0 aromatic heterocycles. The fraction of sp³-hybridized carbons (Fsp3) is 0.800. The highest BCUT2D eigenvalue weighted by atomic mass is 32.2. The summed E-state index contributed by atoms with van der Waals surface area (Å²) in [7, 11) is 0. The van der Waals surface area contributed by atoms with Crippen LogP contribution in [0.3, 0.4) is 0 Å². The summed E-state index contributed by atoms with van der Waals surface area (Å²) in [6.07, 6.45) is 14.4. The number of rotatable bonds is 18. The predicted octanol–water partition coefficient (Wildman–Crippen LogP) is 4.88. The Labute approximate surface area is 162 Å². The summed E-state index contributed by atoms with van der Waals surface area (Å²) in [6, 6.07) is 0. The van der Waals surface area contributed by atoms with Crippen LogP contribution in [-0.4, -0.2) is 44.4 Å². The molecule has 0 saturated carbocycles. The Bertz CT molecular complexity index is 398. The van der Waals surface area contributed by atoms with E-state index in [0.717, 1.165) is 12.8 Å². The van der Waals surface area contributed by atoms with Crippen molar-refractivity contribution >= 4 is 23.7 Å². The molecular weight excluding hydrogens is 352 g/mol. The number of hydrogen-bond acceptors (Lipinski definition) is 4. The molecule has 6 heteroatoms. The minimum Gasteiger partial charge on any atom is -0.481 e. The number of carbonyl (C=O) groups is 2. The molecular formula is C20H36O5S. The summed E-state index contributed by atoms with van der Waals surface area (Å²) < 4.78 is 0. The van der Waals surface area contributed by atoms with Gasteiger partial charge in [0.25, 0.3) is 0 Å². The summed E-state index contributed by atoms with van der Waals surface area (Å²) in [5.41, 5.74) is 0. The number of aliphatic carboxylic acids is 2. The molecule has 26 heavy (non-hydrogen) atoms. The molecule has 2 unspecified atom stereocenters. The number of unbranched alkanes of at least 4 members (excludes halogenated alkanes) is 8. The number of aliphatic hydroxyl groups excluding tert-OH is 1. The SMILES string of the molecule is CCCCCCCCCC/C=C\C(SCCC(=O)O)C(O)CCC(=O)O. The molecule has 0 heterocycles. The van der Waals surface area contributed by atoms with Gasteiger partial charge in [-0.2, -0.15) is 11.8 Å². The van der Waals surface area contributed by atoms with Crippen molar-refractivity contribution in [1.82, 2.24) is 0 Å². The lowest BCUT2D eigenvalue weighted by Gasteiger charge is -2.18. The van der Waals surface area contributed by atoms with Crippen LogP contribution in [0.25, 0.3) is 0 Å². The largest absolute Gasteiger partial charge is 0.481 e. The lowest BCUT2D eigenvalue weighted by molar-refractivity contribution is -0.138. The van der Waals surface area contributed by atoms with Crippen molar-refractivity contribution in [2.75, 3.05) is 5.75 Å². The zero-order chi connectivity index (χ0) is 19.6. The Morgan fingerprint density at radius 2 is 1.50 bits per heavy atom. The van der Waals surface area contributed by atoms with E-state index in [0.29, 0.717) is 5.75 Å². The van der Waals surface area contributed by atoms with Crippen LogP contribution in [-0.2, 0) is 9.59 Å². The maximum absolute atomic E-state index is 10.7. The standard InChI is InChI=1S/C20H36O5S/c1-2-3-4-5-6-7-8-9-10-11-12-18(26-16-15-20(24)25)17(21)13-14-19(22)23/h11-12,17-18,21H,2-10,13-16H2,1H3,(H,22,23)(H,24,25)/b12-11-. The van der Waals surface area contributed by atoms with Crippen molar-refractivity contribution in [2.45, 2.75) is 95.3 Å². The van der Waals surface area contributed by atoms with Crippen LogP contribution in [0.5, 0.6) is 0 Å². The Morgan fingerprint density at radius 1 is 0.923 bits per heavy atom. The van der Waals surface area contributed by atoms with Crippen molar-refractivity contribution < 1.29 is 24.9 Å². The van der Waals surface area contributed by atoms with E-state index in [1.807, 2.05) is 12.2 Å². The quantitative estimate of drug-likeness (QED) is 0.229. The second-order valence-electron chi connectivity index (χ2n) is 6.67. The second-order valence-corrected chi connectivity index (χ2v) is 7.96. The Morgan fingerprint density at radius 3 is 2.08 bits per heavy atom. The second kappa shape index (κ2) is 17.4. The first-order valence-corrected chi connectivity index (χ1v) is 10.9. The van der Waals surface area contributed by atoms with Crippen LogP contribution >= 0.6 is 11.8 Å². The first-order valence-electron chi connectivity index (χ1n) is 9.87. The highest BCUT2D eigenvalue weighted by Crippen LogP contribution is 2.21. The molecule has 0 rings (SSSR count). The molecule has 0 radical (unpaired) electrons. The summed E-state index contributed by atoms with van der Waals surface area (Å²) in [5.74, 6) is -1.38. The number of hydrogen-bond donors (Lipinski definition) is 3. The predicted molar refractivity (Wildman–Crippen MR) is 108 cm³/mol. The molecule has 0 amide bonds. The Hall–Kier alpha value is -1.01.